The van der Waals surface area contributed by atoms with Gasteiger partial charge in [-0.25, -0.2) is 8.78 Å². The second kappa shape index (κ2) is 9.61. The van der Waals surface area contributed by atoms with E-state index in [0.29, 0.717) is 18.5 Å². The molecule has 6 rings (SSSR count). The summed E-state index contributed by atoms with van der Waals surface area (Å²) >= 11 is 0. The summed E-state index contributed by atoms with van der Waals surface area (Å²) in [4.78, 5) is 27.0. The van der Waals surface area contributed by atoms with Crippen molar-refractivity contribution < 1.29 is 18.6 Å². The van der Waals surface area contributed by atoms with Crippen LogP contribution in [0.15, 0.2) is 41.2 Å². The number of nitrogens with zero attached hydrogens (tertiary/aromatic N) is 3. The van der Waals surface area contributed by atoms with E-state index in [4.69, 9.17) is 11.2 Å². The number of phenols is 1. The van der Waals surface area contributed by atoms with Crippen molar-refractivity contribution in [3.63, 3.8) is 0 Å². The molecule has 2 saturated heterocycles. The second-order valence-corrected chi connectivity index (χ2v) is 10.4. The molecular weight excluding hydrogens is 516 g/mol. The minimum atomic E-state index is -0.893. The third kappa shape index (κ3) is 4.05. The van der Waals surface area contributed by atoms with Gasteiger partial charge in [-0.2, -0.15) is 9.97 Å². The Hall–Kier alpha value is -4.49. The van der Waals surface area contributed by atoms with Crippen molar-refractivity contribution in [2.24, 2.45) is 0 Å². The number of aromatic nitrogens is 3. The number of halogens is 2. The van der Waals surface area contributed by atoms with Crippen molar-refractivity contribution in [2.75, 3.05) is 31.6 Å². The van der Waals surface area contributed by atoms with Gasteiger partial charge in [0.25, 0.3) is 5.56 Å². The molecule has 1 atom stereocenters. The molecule has 3 N–H and O–H groups in total. The highest BCUT2D eigenvalue weighted by Crippen LogP contribution is 2.41. The molecule has 0 aliphatic carbocycles. The number of terminal acetylenes is 1. The first-order valence-electron chi connectivity index (χ1n) is 13.1. The molecule has 0 amide bonds. The molecule has 2 aromatic carbocycles. The number of ether oxygens (including phenoxy) is 1. The molecule has 2 fully saturated rings. The first kappa shape index (κ1) is 25.8. The lowest BCUT2D eigenvalue weighted by molar-refractivity contribution is 0.108. The molecule has 2 aliphatic heterocycles. The van der Waals surface area contributed by atoms with E-state index in [0.717, 1.165) is 37.9 Å². The van der Waals surface area contributed by atoms with Crippen LogP contribution in [0.1, 0.15) is 31.7 Å². The van der Waals surface area contributed by atoms with Crippen molar-refractivity contribution >= 4 is 27.5 Å². The number of benzene rings is 2. The standard InChI is InChI=1S/C30H27F2N5O3/c1-4-19-21(31)8-7-17-11-18(38)12-20(22(17)19)25-24(32)26-23(28(39)34-25)27(33-5-2)36-29(35-26)40-15-30-9-6-10-37(30)14-16(3)13-30/h1,7-8,11-12,38H,3,5-6,9-10,13-15H2,2H3,(H,34,39)(H,33,35,36)/t30-/m0/s1. The monoisotopic (exact) mass is 543 g/mol. The van der Waals surface area contributed by atoms with Crippen molar-refractivity contribution in [3.8, 4) is 35.4 Å². The molecule has 40 heavy (non-hydrogen) atoms. The lowest BCUT2D eigenvalue weighted by Crippen LogP contribution is -2.43. The maximum atomic E-state index is 16.3. The average Bonchev–Trinajstić information content (AvgIpc) is 3.45. The molecule has 204 valence electrons. The fraction of sp³-hybridized carbons (Fsp3) is 0.300. The molecule has 0 saturated carbocycles. The lowest BCUT2D eigenvalue weighted by atomic mass is 9.94. The minimum absolute atomic E-state index is 0.0231. The molecule has 0 spiro atoms. The highest BCUT2D eigenvalue weighted by atomic mass is 19.1. The van der Waals surface area contributed by atoms with E-state index >= 15 is 4.39 Å². The summed E-state index contributed by atoms with van der Waals surface area (Å²) in [5.41, 5.74) is -0.397. The number of nitrogens with one attached hydrogen (secondary N) is 2. The van der Waals surface area contributed by atoms with Gasteiger partial charge < -0.3 is 20.1 Å². The largest absolute Gasteiger partial charge is 0.508 e. The van der Waals surface area contributed by atoms with E-state index in [1.807, 2.05) is 6.92 Å². The second-order valence-electron chi connectivity index (χ2n) is 10.4. The number of hydrogen-bond acceptors (Lipinski definition) is 7. The van der Waals surface area contributed by atoms with Gasteiger partial charge in [-0.1, -0.05) is 24.1 Å². The average molecular weight is 544 g/mol. The number of aromatic hydroxyl groups is 1. The summed E-state index contributed by atoms with van der Waals surface area (Å²) in [6.45, 7) is 8.44. The normalized spacial score (nSPS) is 18.8. The van der Waals surface area contributed by atoms with Gasteiger partial charge in [-0.3, -0.25) is 9.69 Å². The van der Waals surface area contributed by atoms with Gasteiger partial charge in [-0.15, -0.1) is 6.42 Å². The Kier molecular flexibility index (Phi) is 6.19. The predicted molar refractivity (Wildman–Crippen MR) is 150 cm³/mol. The number of anilines is 1. The summed E-state index contributed by atoms with van der Waals surface area (Å²) in [5, 5.41) is 13.8. The highest BCUT2D eigenvalue weighted by molar-refractivity contribution is 6.02. The van der Waals surface area contributed by atoms with Gasteiger partial charge in [-0.05, 0) is 56.3 Å². The Balaban J connectivity index is 1.53. The van der Waals surface area contributed by atoms with Crippen LogP contribution in [-0.2, 0) is 0 Å². The highest BCUT2D eigenvalue weighted by Gasteiger charge is 2.46. The third-order valence-corrected chi connectivity index (χ3v) is 7.80. The molecule has 4 heterocycles. The molecule has 4 aromatic rings. The Labute approximate surface area is 228 Å². The fourth-order valence-electron chi connectivity index (χ4n) is 6.12. The number of rotatable bonds is 6. The summed E-state index contributed by atoms with van der Waals surface area (Å²) in [5.74, 6) is 0.636. The molecule has 0 unspecified atom stereocenters. The molecule has 2 aromatic heterocycles. The van der Waals surface area contributed by atoms with Crippen molar-refractivity contribution in [1.29, 1.82) is 0 Å². The van der Waals surface area contributed by atoms with E-state index in [1.165, 1.54) is 24.3 Å². The van der Waals surface area contributed by atoms with E-state index in [-0.39, 0.29) is 56.2 Å². The maximum absolute atomic E-state index is 16.3. The zero-order valence-electron chi connectivity index (χ0n) is 21.9. The summed E-state index contributed by atoms with van der Waals surface area (Å²) in [6.07, 6.45) is 8.38. The van der Waals surface area contributed by atoms with E-state index in [2.05, 4.69) is 37.7 Å². The van der Waals surface area contributed by atoms with Crippen LogP contribution in [0, 0.1) is 24.0 Å². The van der Waals surface area contributed by atoms with Crippen LogP contribution in [0.4, 0.5) is 14.6 Å². The van der Waals surface area contributed by atoms with Crippen LogP contribution in [0.2, 0.25) is 0 Å². The minimum Gasteiger partial charge on any atom is -0.508 e. The van der Waals surface area contributed by atoms with Gasteiger partial charge in [0, 0.05) is 24.0 Å². The van der Waals surface area contributed by atoms with Gasteiger partial charge in [0.05, 0.1) is 16.8 Å². The maximum Gasteiger partial charge on any atom is 0.319 e. The van der Waals surface area contributed by atoms with Crippen LogP contribution in [0.3, 0.4) is 0 Å². The lowest BCUT2D eigenvalue weighted by Gasteiger charge is -2.30. The van der Waals surface area contributed by atoms with Gasteiger partial charge >= 0.3 is 6.01 Å². The number of hydrogen-bond donors (Lipinski definition) is 3. The summed E-state index contributed by atoms with van der Waals surface area (Å²) in [7, 11) is 0. The first-order chi connectivity index (χ1) is 19.2. The molecule has 0 bridgehead atoms. The van der Waals surface area contributed by atoms with Gasteiger partial charge in [0.1, 0.15) is 34.9 Å². The van der Waals surface area contributed by atoms with Crippen LogP contribution < -0.4 is 15.6 Å². The Morgan fingerprint density at radius 2 is 2.12 bits per heavy atom. The summed E-state index contributed by atoms with van der Waals surface area (Å²) < 4.78 is 37.1. The Morgan fingerprint density at radius 3 is 2.90 bits per heavy atom. The van der Waals surface area contributed by atoms with Crippen LogP contribution in [-0.4, -0.2) is 56.7 Å². The smallest absolute Gasteiger partial charge is 0.319 e. The fourth-order valence-corrected chi connectivity index (χ4v) is 6.12. The number of H-pyrrole nitrogens is 1. The topological polar surface area (TPSA) is 103 Å². The molecular formula is C30H27F2N5O3. The molecule has 10 heteroatoms. The number of aromatic amines is 1. The van der Waals surface area contributed by atoms with Crippen LogP contribution in [0.5, 0.6) is 11.8 Å². The number of fused-ring (bicyclic) bond motifs is 3. The molecule has 2 aliphatic rings. The predicted octanol–water partition coefficient (Wildman–Crippen LogP) is 4.71. The Morgan fingerprint density at radius 1 is 1.30 bits per heavy atom. The van der Waals surface area contributed by atoms with E-state index < -0.39 is 17.2 Å². The Bertz CT molecular complexity index is 1810. The van der Waals surface area contributed by atoms with Crippen molar-refractivity contribution in [3.05, 3.63) is 64.0 Å². The number of phenolic OH excluding ortho intramolecular Hbond substituents is 1. The van der Waals surface area contributed by atoms with Crippen LogP contribution >= 0.6 is 0 Å². The molecule has 0 radical (unpaired) electrons. The van der Waals surface area contributed by atoms with Gasteiger partial charge in [0.2, 0.25) is 0 Å². The zero-order chi connectivity index (χ0) is 28.2. The van der Waals surface area contributed by atoms with E-state index in [9.17, 15) is 14.3 Å². The molecule has 8 nitrogen and oxygen atoms in total. The third-order valence-electron chi connectivity index (χ3n) is 7.80. The van der Waals surface area contributed by atoms with E-state index in [1.54, 1.807) is 0 Å². The van der Waals surface area contributed by atoms with Gasteiger partial charge in [0.15, 0.2) is 5.82 Å². The SMILES string of the molecule is C#Cc1c(F)ccc2cc(O)cc(-c3[nH]c(=O)c4c(NCC)nc(OC[C@@]56CCCN5CC(=C)C6)nc4c3F)c12. The first-order valence-corrected chi connectivity index (χ1v) is 13.1. The zero-order valence-corrected chi connectivity index (χ0v) is 21.9. The quantitative estimate of drug-likeness (QED) is 0.239. The van der Waals surface area contributed by atoms with Crippen molar-refractivity contribution in [1.82, 2.24) is 19.9 Å². The van der Waals surface area contributed by atoms with Crippen LogP contribution in [0.25, 0.3) is 32.9 Å². The summed E-state index contributed by atoms with van der Waals surface area (Å²) in [6, 6.07) is 5.13. The van der Waals surface area contributed by atoms with Crippen molar-refractivity contribution in [2.45, 2.75) is 31.7 Å². The number of pyridine rings is 1.